The van der Waals surface area contributed by atoms with Crippen molar-refractivity contribution in [3.8, 4) is 0 Å². The summed E-state index contributed by atoms with van der Waals surface area (Å²) in [6.45, 7) is 0.389. The van der Waals surface area contributed by atoms with Gasteiger partial charge in [-0.2, -0.15) is 0 Å². The molecule has 0 fully saturated rings. The maximum atomic E-state index is 10.9. The molecule has 0 saturated heterocycles. The molecule has 0 aromatic carbocycles. The molecule has 5 heteroatoms. The summed E-state index contributed by atoms with van der Waals surface area (Å²) in [5.74, 6) is -0.828. The summed E-state index contributed by atoms with van der Waals surface area (Å²) in [6.07, 6.45) is 1.35. The van der Waals surface area contributed by atoms with E-state index in [4.69, 9.17) is 9.84 Å². The molecule has 0 aromatic rings. The Bertz CT molecular complexity index is 178. The molecule has 0 unspecified atom stereocenters. The molecule has 0 aromatic heterocycles. The van der Waals surface area contributed by atoms with E-state index in [1.54, 1.807) is 0 Å². The van der Waals surface area contributed by atoms with Gasteiger partial charge in [0.25, 0.3) is 0 Å². The average Bonchev–Trinajstić information content (AvgIpc) is 2.21. The molecule has 0 rings (SSSR count). The van der Waals surface area contributed by atoms with Crippen LogP contribution in [0.3, 0.4) is 0 Å². The standard InChI is InChI=1S/C9H16O5/c1-13-8(11)4-5-9(12)14-7-3-2-6-10/h10H,2-7H2,1H3. The Balaban J connectivity index is 3.32. The minimum atomic E-state index is -0.419. The number of methoxy groups -OCH3 is 1. The normalized spacial score (nSPS) is 9.57. The van der Waals surface area contributed by atoms with Crippen molar-refractivity contribution in [3.63, 3.8) is 0 Å². The Hall–Kier alpha value is -1.10. The fourth-order valence-electron chi connectivity index (χ4n) is 0.778. The van der Waals surface area contributed by atoms with Crippen molar-refractivity contribution in [2.45, 2.75) is 25.7 Å². The smallest absolute Gasteiger partial charge is 0.306 e. The summed E-state index contributed by atoms with van der Waals surface area (Å²) in [5, 5.41) is 8.44. The molecule has 0 aliphatic carbocycles. The van der Waals surface area contributed by atoms with Gasteiger partial charge in [0.1, 0.15) is 0 Å². The monoisotopic (exact) mass is 204 g/mol. The number of hydrogen-bond donors (Lipinski definition) is 1. The molecule has 14 heavy (non-hydrogen) atoms. The minimum Gasteiger partial charge on any atom is -0.469 e. The molecule has 0 bridgehead atoms. The first-order valence-corrected chi connectivity index (χ1v) is 4.54. The summed E-state index contributed by atoms with van der Waals surface area (Å²) in [5.41, 5.74) is 0. The van der Waals surface area contributed by atoms with Crippen LogP contribution in [0.25, 0.3) is 0 Å². The Morgan fingerprint density at radius 2 is 1.79 bits per heavy atom. The zero-order valence-electron chi connectivity index (χ0n) is 8.32. The number of hydrogen-bond acceptors (Lipinski definition) is 5. The van der Waals surface area contributed by atoms with Crippen molar-refractivity contribution in [1.82, 2.24) is 0 Å². The summed E-state index contributed by atoms with van der Waals surface area (Å²) in [7, 11) is 1.27. The highest BCUT2D eigenvalue weighted by Gasteiger charge is 2.07. The van der Waals surface area contributed by atoms with E-state index < -0.39 is 11.9 Å². The van der Waals surface area contributed by atoms with Gasteiger partial charge < -0.3 is 14.6 Å². The maximum absolute atomic E-state index is 10.9. The van der Waals surface area contributed by atoms with Crippen molar-refractivity contribution in [3.05, 3.63) is 0 Å². The van der Waals surface area contributed by atoms with Crippen LogP contribution in [-0.4, -0.2) is 37.4 Å². The maximum Gasteiger partial charge on any atom is 0.306 e. The average molecular weight is 204 g/mol. The van der Waals surface area contributed by atoms with Crippen LogP contribution in [-0.2, 0) is 19.1 Å². The van der Waals surface area contributed by atoms with Crippen LogP contribution in [0.5, 0.6) is 0 Å². The highest BCUT2D eigenvalue weighted by molar-refractivity contribution is 5.77. The summed E-state index contributed by atoms with van der Waals surface area (Å²) < 4.78 is 9.15. The van der Waals surface area contributed by atoms with E-state index in [0.29, 0.717) is 19.4 Å². The van der Waals surface area contributed by atoms with Gasteiger partial charge in [-0.05, 0) is 12.8 Å². The van der Waals surface area contributed by atoms with Gasteiger partial charge >= 0.3 is 11.9 Å². The lowest BCUT2D eigenvalue weighted by atomic mass is 10.3. The van der Waals surface area contributed by atoms with E-state index in [1.807, 2.05) is 0 Å². The zero-order valence-corrected chi connectivity index (χ0v) is 8.32. The summed E-state index contributed by atoms with van der Waals surface area (Å²) in [6, 6.07) is 0. The second kappa shape index (κ2) is 8.50. The number of aliphatic hydroxyl groups is 1. The van der Waals surface area contributed by atoms with Gasteiger partial charge in [0, 0.05) is 6.61 Å². The largest absolute Gasteiger partial charge is 0.469 e. The lowest BCUT2D eigenvalue weighted by molar-refractivity contribution is -0.149. The number of esters is 2. The van der Waals surface area contributed by atoms with Gasteiger partial charge in [0.05, 0.1) is 26.6 Å². The van der Waals surface area contributed by atoms with Crippen molar-refractivity contribution in [2.75, 3.05) is 20.3 Å². The Labute approximate surface area is 83.0 Å². The van der Waals surface area contributed by atoms with E-state index in [2.05, 4.69) is 4.74 Å². The van der Waals surface area contributed by atoms with Crippen LogP contribution in [0.1, 0.15) is 25.7 Å². The molecular weight excluding hydrogens is 188 g/mol. The Morgan fingerprint density at radius 1 is 1.14 bits per heavy atom. The number of ether oxygens (including phenoxy) is 2. The van der Waals surface area contributed by atoms with Gasteiger partial charge in [-0.1, -0.05) is 0 Å². The Kier molecular flexibility index (Phi) is 7.83. The lowest BCUT2D eigenvalue weighted by Gasteiger charge is -2.03. The molecule has 0 atom stereocenters. The second-order valence-corrected chi connectivity index (χ2v) is 2.73. The van der Waals surface area contributed by atoms with Crippen LogP contribution in [0.15, 0.2) is 0 Å². The van der Waals surface area contributed by atoms with E-state index in [1.165, 1.54) is 7.11 Å². The number of rotatable bonds is 7. The van der Waals surface area contributed by atoms with Gasteiger partial charge in [-0.3, -0.25) is 9.59 Å². The highest BCUT2D eigenvalue weighted by atomic mass is 16.5. The fourth-order valence-corrected chi connectivity index (χ4v) is 0.778. The summed E-state index contributed by atoms with van der Waals surface area (Å²) >= 11 is 0. The molecule has 0 radical (unpaired) electrons. The molecule has 0 heterocycles. The predicted octanol–water partition coefficient (Wildman–Crippen LogP) is 0.255. The van der Waals surface area contributed by atoms with Crippen LogP contribution < -0.4 is 0 Å². The third kappa shape index (κ3) is 7.54. The molecule has 5 nitrogen and oxygen atoms in total. The van der Waals surface area contributed by atoms with Crippen LogP contribution in [0, 0.1) is 0 Å². The van der Waals surface area contributed by atoms with E-state index in [0.717, 1.165) is 0 Å². The first-order valence-electron chi connectivity index (χ1n) is 4.54. The Morgan fingerprint density at radius 3 is 2.36 bits per heavy atom. The quantitative estimate of drug-likeness (QED) is 0.475. The van der Waals surface area contributed by atoms with E-state index >= 15 is 0 Å². The third-order valence-electron chi connectivity index (χ3n) is 1.58. The van der Waals surface area contributed by atoms with Gasteiger partial charge in [0.15, 0.2) is 0 Å². The molecular formula is C9H16O5. The zero-order chi connectivity index (χ0) is 10.8. The van der Waals surface area contributed by atoms with Gasteiger partial charge in [0.2, 0.25) is 0 Å². The van der Waals surface area contributed by atoms with E-state index in [9.17, 15) is 9.59 Å². The van der Waals surface area contributed by atoms with Crippen LogP contribution in [0.2, 0.25) is 0 Å². The van der Waals surface area contributed by atoms with E-state index in [-0.39, 0.29) is 19.4 Å². The molecule has 0 spiro atoms. The third-order valence-corrected chi connectivity index (χ3v) is 1.58. The minimum absolute atomic E-state index is 0.0474. The number of unbranched alkanes of at least 4 members (excludes halogenated alkanes) is 1. The van der Waals surface area contributed by atoms with Crippen LogP contribution in [0.4, 0.5) is 0 Å². The van der Waals surface area contributed by atoms with Crippen molar-refractivity contribution >= 4 is 11.9 Å². The topological polar surface area (TPSA) is 72.8 Å². The second-order valence-electron chi connectivity index (χ2n) is 2.73. The highest BCUT2D eigenvalue weighted by Crippen LogP contribution is 1.96. The fraction of sp³-hybridized carbons (Fsp3) is 0.778. The number of carbonyl (C=O) groups is 2. The molecule has 0 amide bonds. The molecule has 0 aliphatic rings. The number of carbonyl (C=O) groups excluding carboxylic acids is 2. The van der Waals surface area contributed by atoms with Gasteiger partial charge in [-0.15, -0.1) is 0 Å². The number of aliphatic hydroxyl groups excluding tert-OH is 1. The first-order chi connectivity index (χ1) is 6.70. The SMILES string of the molecule is COC(=O)CCC(=O)OCCCCO. The molecule has 82 valence electrons. The summed E-state index contributed by atoms with van der Waals surface area (Å²) in [4.78, 5) is 21.6. The lowest BCUT2D eigenvalue weighted by Crippen LogP contribution is -2.09. The van der Waals surface area contributed by atoms with Crippen molar-refractivity contribution in [1.29, 1.82) is 0 Å². The predicted molar refractivity (Wildman–Crippen MR) is 48.5 cm³/mol. The van der Waals surface area contributed by atoms with Crippen molar-refractivity contribution in [2.24, 2.45) is 0 Å². The molecule has 0 aliphatic heterocycles. The molecule has 0 saturated carbocycles. The van der Waals surface area contributed by atoms with Crippen LogP contribution >= 0.6 is 0 Å². The van der Waals surface area contributed by atoms with Gasteiger partial charge in [-0.25, -0.2) is 0 Å². The first kappa shape index (κ1) is 12.9. The molecule has 1 N–H and O–H groups in total. The van der Waals surface area contributed by atoms with Crippen molar-refractivity contribution < 1.29 is 24.2 Å².